The van der Waals surface area contributed by atoms with Crippen LogP contribution in [0.4, 0.5) is 0 Å². The molecule has 1 aliphatic heterocycles. The molecule has 1 rings (SSSR count). The Kier molecular flexibility index (Phi) is 5.52. The molecule has 1 N–H and O–H groups in total. The number of carbonyl (C=O) groups is 1. The fourth-order valence-electron chi connectivity index (χ4n) is 2.11. The molecule has 1 heterocycles. The first kappa shape index (κ1) is 14.6. The van der Waals surface area contributed by atoms with Crippen molar-refractivity contribution < 1.29 is 14.6 Å². The molecule has 5 nitrogen and oxygen atoms in total. The number of carbonyl (C=O) groups excluding carboxylic acids is 1. The number of ketones is 1. The van der Waals surface area contributed by atoms with Crippen LogP contribution in [0.5, 0.6) is 0 Å². The Bertz CT molecular complexity index is 243. The Labute approximate surface area is 103 Å². The van der Waals surface area contributed by atoms with Crippen LogP contribution in [-0.2, 0) is 9.53 Å². The maximum absolute atomic E-state index is 11.4. The number of hydrogen-bond donors (Lipinski definition) is 1. The Balaban J connectivity index is 2.24. The summed E-state index contributed by atoms with van der Waals surface area (Å²) in [5.41, 5.74) is -0.645. The molecule has 0 aromatic heterocycles. The molecule has 0 amide bonds. The van der Waals surface area contributed by atoms with Gasteiger partial charge in [-0.1, -0.05) is 0 Å². The van der Waals surface area contributed by atoms with E-state index in [1.807, 2.05) is 13.8 Å². The molecular weight excluding hydrogens is 220 g/mol. The largest absolute Gasteiger partial charge is 0.389 e. The van der Waals surface area contributed by atoms with Crippen LogP contribution in [0.25, 0.3) is 0 Å². The Morgan fingerprint density at radius 1 is 1.24 bits per heavy atom. The highest BCUT2D eigenvalue weighted by Crippen LogP contribution is 2.08. The van der Waals surface area contributed by atoms with Gasteiger partial charge in [0.15, 0.2) is 5.78 Å². The molecule has 0 bridgehead atoms. The van der Waals surface area contributed by atoms with E-state index in [0.717, 1.165) is 26.2 Å². The van der Waals surface area contributed by atoms with Crippen molar-refractivity contribution in [3.63, 3.8) is 0 Å². The van der Waals surface area contributed by atoms with E-state index in [0.29, 0.717) is 13.1 Å². The zero-order valence-electron chi connectivity index (χ0n) is 11.1. The number of hydrogen-bond acceptors (Lipinski definition) is 5. The number of rotatable bonds is 6. The topological polar surface area (TPSA) is 53.0 Å². The van der Waals surface area contributed by atoms with Gasteiger partial charge in [-0.05, 0) is 13.8 Å². The van der Waals surface area contributed by atoms with Gasteiger partial charge in [0.05, 0.1) is 12.1 Å². The Hall–Kier alpha value is -0.490. The van der Waals surface area contributed by atoms with Gasteiger partial charge < -0.3 is 9.84 Å². The number of nitrogens with zero attached hydrogens (tertiary/aromatic N) is 2. The maximum Gasteiger partial charge on any atom is 0.172 e. The fraction of sp³-hybridized carbons (Fsp3) is 0.917. The van der Waals surface area contributed by atoms with Crippen LogP contribution in [0, 0.1) is 0 Å². The van der Waals surface area contributed by atoms with E-state index < -0.39 is 5.60 Å². The van der Waals surface area contributed by atoms with Crippen molar-refractivity contribution in [1.29, 1.82) is 0 Å². The van der Waals surface area contributed by atoms with Crippen LogP contribution in [0.2, 0.25) is 0 Å². The second-order valence-electron chi connectivity index (χ2n) is 5.34. The zero-order valence-corrected chi connectivity index (χ0v) is 11.1. The van der Waals surface area contributed by atoms with E-state index >= 15 is 0 Å². The monoisotopic (exact) mass is 244 g/mol. The van der Waals surface area contributed by atoms with E-state index in [1.165, 1.54) is 0 Å². The fourth-order valence-corrected chi connectivity index (χ4v) is 2.11. The van der Waals surface area contributed by atoms with Crippen molar-refractivity contribution >= 4 is 5.78 Å². The molecule has 1 saturated heterocycles. The second kappa shape index (κ2) is 6.44. The summed E-state index contributed by atoms with van der Waals surface area (Å²) in [6.45, 7) is 8.58. The highest BCUT2D eigenvalue weighted by Gasteiger charge is 2.23. The normalized spacial score (nSPS) is 19.5. The lowest BCUT2D eigenvalue weighted by Gasteiger charge is -2.36. The van der Waals surface area contributed by atoms with Crippen molar-refractivity contribution in [3.05, 3.63) is 0 Å². The van der Waals surface area contributed by atoms with Crippen molar-refractivity contribution in [2.75, 3.05) is 53.0 Å². The number of methoxy groups -OCH3 is 1. The van der Waals surface area contributed by atoms with Gasteiger partial charge >= 0.3 is 0 Å². The first-order chi connectivity index (χ1) is 7.90. The highest BCUT2D eigenvalue weighted by atomic mass is 16.5. The van der Waals surface area contributed by atoms with Gasteiger partial charge in [0, 0.05) is 39.8 Å². The molecule has 5 heteroatoms. The molecule has 0 atom stereocenters. The first-order valence-electron chi connectivity index (χ1n) is 6.08. The third-order valence-electron chi connectivity index (χ3n) is 2.78. The third kappa shape index (κ3) is 6.12. The molecule has 0 spiro atoms. The zero-order chi connectivity index (χ0) is 12.9. The first-order valence-corrected chi connectivity index (χ1v) is 6.08. The molecule has 17 heavy (non-hydrogen) atoms. The number of β-amino-alcohol motifs (C(OH)–C–C–N with tert-alkyl or cyclic N) is 1. The lowest BCUT2D eigenvalue weighted by atomic mass is 10.1. The summed E-state index contributed by atoms with van der Waals surface area (Å²) in [5.74, 6) is 0.128. The minimum Gasteiger partial charge on any atom is -0.389 e. The molecule has 0 saturated carbocycles. The summed E-state index contributed by atoms with van der Waals surface area (Å²) in [5, 5.41) is 9.73. The van der Waals surface area contributed by atoms with Gasteiger partial charge in [-0.25, -0.2) is 0 Å². The molecule has 100 valence electrons. The van der Waals surface area contributed by atoms with Gasteiger partial charge in [0.25, 0.3) is 0 Å². The van der Waals surface area contributed by atoms with Crippen LogP contribution < -0.4 is 0 Å². The summed E-state index contributed by atoms with van der Waals surface area (Å²) in [6.07, 6.45) is 0. The van der Waals surface area contributed by atoms with Crippen LogP contribution in [0.1, 0.15) is 13.8 Å². The van der Waals surface area contributed by atoms with Crippen molar-refractivity contribution in [3.8, 4) is 0 Å². The summed E-state index contributed by atoms with van der Waals surface area (Å²) in [6, 6.07) is 0. The molecule has 0 aromatic rings. The molecule has 1 aliphatic rings. The number of Topliss-reactive ketones (excluding diaryl/α,β-unsaturated/α-hetero) is 1. The minimum atomic E-state index is -0.645. The molecular formula is C12H24N2O3. The van der Waals surface area contributed by atoms with Crippen molar-refractivity contribution in [2.24, 2.45) is 0 Å². The van der Waals surface area contributed by atoms with E-state index in [4.69, 9.17) is 4.74 Å². The second-order valence-corrected chi connectivity index (χ2v) is 5.34. The van der Waals surface area contributed by atoms with Crippen LogP contribution in [0.15, 0.2) is 0 Å². The lowest BCUT2D eigenvalue weighted by molar-refractivity contribution is -0.124. The standard InChI is InChI=1S/C12H24N2O3/c1-12(2,16)10-14-6-4-13(5-7-14)8-11(15)9-17-3/h16H,4-10H2,1-3H3. The van der Waals surface area contributed by atoms with Gasteiger partial charge in [-0.15, -0.1) is 0 Å². The number of ether oxygens (including phenoxy) is 1. The smallest absolute Gasteiger partial charge is 0.172 e. The van der Waals surface area contributed by atoms with Gasteiger partial charge in [0.2, 0.25) is 0 Å². The molecule has 0 radical (unpaired) electrons. The van der Waals surface area contributed by atoms with Crippen molar-refractivity contribution in [2.45, 2.75) is 19.4 Å². The summed E-state index contributed by atoms with van der Waals surface area (Å²) >= 11 is 0. The van der Waals surface area contributed by atoms with E-state index in [2.05, 4.69) is 9.80 Å². The predicted molar refractivity (Wildman–Crippen MR) is 66.1 cm³/mol. The van der Waals surface area contributed by atoms with E-state index in [9.17, 15) is 9.90 Å². The Morgan fingerprint density at radius 2 is 1.76 bits per heavy atom. The van der Waals surface area contributed by atoms with E-state index in [-0.39, 0.29) is 12.4 Å². The summed E-state index contributed by atoms with van der Waals surface area (Å²) < 4.78 is 4.81. The summed E-state index contributed by atoms with van der Waals surface area (Å²) in [7, 11) is 1.54. The van der Waals surface area contributed by atoms with Crippen LogP contribution in [0.3, 0.4) is 0 Å². The average Bonchev–Trinajstić information content (AvgIpc) is 2.19. The third-order valence-corrected chi connectivity index (χ3v) is 2.78. The highest BCUT2D eigenvalue weighted by molar-refractivity contribution is 5.81. The van der Waals surface area contributed by atoms with Gasteiger partial charge in [0.1, 0.15) is 6.61 Å². The molecule has 1 fully saturated rings. The quantitative estimate of drug-likeness (QED) is 0.688. The maximum atomic E-state index is 11.4. The Morgan fingerprint density at radius 3 is 2.24 bits per heavy atom. The van der Waals surface area contributed by atoms with E-state index in [1.54, 1.807) is 7.11 Å². The molecule has 0 aromatic carbocycles. The molecule has 0 aliphatic carbocycles. The summed E-state index contributed by atoms with van der Waals surface area (Å²) in [4.78, 5) is 15.8. The van der Waals surface area contributed by atoms with Gasteiger partial charge in [-0.3, -0.25) is 14.6 Å². The lowest BCUT2D eigenvalue weighted by Crippen LogP contribution is -2.51. The average molecular weight is 244 g/mol. The van der Waals surface area contributed by atoms with Crippen LogP contribution >= 0.6 is 0 Å². The van der Waals surface area contributed by atoms with Gasteiger partial charge in [-0.2, -0.15) is 0 Å². The number of piperazine rings is 1. The molecule has 0 unspecified atom stereocenters. The number of aliphatic hydroxyl groups is 1. The predicted octanol–water partition coefficient (Wildman–Crippen LogP) is -0.410. The SMILES string of the molecule is COCC(=O)CN1CCN(CC(C)(C)O)CC1. The minimum absolute atomic E-state index is 0.128. The van der Waals surface area contributed by atoms with Crippen molar-refractivity contribution in [1.82, 2.24) is 9.80 Å². The van der Waals surface area contributed by atoms with Crippen LogP contribution in [-0.4, -0.2) is 79.3 Å².